The average Bonchev–Trinajstić information content (AvgIpc) is 2.09. The Balaban J connectivity index is 3.16. The molecule has 1 rings (SSSR count). The molecule has 0 spiro atoms. The Morgan fingerprint density at radius 1 is 0.941 bits per heavy atom. The molecule has 1 N–H and O–H groups in total. The molecule has 0 fully saturated rings. The molecule has 1 aromatic rings. The lowest BCUT2D eigenvalue weighted by Crippen LogP contribution is -2.51. The lowest BCUT2D eigenvalue weighted by atomic mass is 10.1. The van der Waals surface area contributed by atoms with Crippen LogP contribution in [0.25, 0.3) is 0 Å². The van der Waals surface area contributed by atoms with Crippen molar-refractivity contribution < 1.29 is 9.22 Å². The molecule has 2 nitrogen and oxygen atoms in total. The SMILES string of the molecule is Cc1cc([Si](C)(C)O[Si](C)(C)C)cc(C)c1O. The topological polar surface area (TPSA) is 29.5 Å². The zero-order valence-corrected chi connectivity index (χ0v) is 14.0. The van der Waals surface area contributed by atoms with Crippen LogP contribution in [0.4, 0.5) is 0 Å². The van der Waals surface area contributed by atoms with E-state index < -0.39 is 16.6 Å². The highest BCUT2D eigenvalue weighted by atomic mass is 28.4. The van der Waals surface area contributed by atoms with Gasteiger partial charge in [0.15, 0.2) is 8.32 Å². The highest BCUT2D eigenvalue weighted by Gasteiger charge is 2.32. The predicted octanol–water partition coefficient (Wildman–Crippen LogP) is 3.27. The highest BCUT2D eigenvalue weighted by Crippen LogP contribution is 2.22. The van der Waals surface area contributed by atoms with Crippen LogP contribution in [-0.2, 0) is 4.12 Å². The molecule has 0 amide bonds. The van der Waals surface area contributed by atoms with Crippen LogP contribution in [0, 0.1) is 13.8 Å². The van der Waals surface area contributed by atoms with Gasteiger partial charge in [0, 0.05) is 0 Å². The minimum atomic E-state index is -1.85. The second kappa shape index (κ2) is 4.59. The zero-order chi connectivity index (χ0) is 13.4. The average molecular weight is 269 g/mol. The molecular weight excluding hydrogens is 244 g/mol. The van der Waals surface area contributed by atoms with Crippen molar-refractivity contribution in [3.63, 3.8) is 0 Å². The number of aryl methyl sites for hydroxylation is 2. The number of phenols is 1. The van der Waals surface area contributed by atoms with Crippen molar-refractivity contribution in [2.24, 2.45) is 0 Å². The molecule has 0 aromatic heterocycles. The Hall–Kier alpha value is -0.586. The Morgan fingerprint density at radius 2 is 1.35 bits per heavy atom. The van der Waals surface area contributed by atoms with Gasteiger partial charge in [-0.05, 0) is 62.9 Å². The third-order valence-corrected chi connectivity index (χ3v) is 8.92. The first-order chi connectivity index (χ1) is 7.53. The minimum Gasteiger partial charge on any atom is -0.507 e. The molecule has 0 aliphatic rings. The van der Waals surface area contributed by atoms with Crippen LogP contribution < -0.4 is 5.19 Å². The van der Waals surface area contributed by atoms with E-state index in [1.165, 1.54) is 5.19 Å². The van der Waals surface area contributed by atoms with Gasteiger partial charge in [0.1, 0.15) is 5.75 Å². The molecule has 96 valence electrons. The molecule has 0 atom stereocenters. The van der Waals surface area contributed by atoms with Crippen LogP contribution in [-0.4, -0.2) is 21.7 Å². The summed E-state index contributed by atoms with van der Waals surface area (Å²) in [4.78, 5) is 0. The van der Waals surface area contributed by atoms with Gasteiger partial charge >= 0.3 is 0 Å². The van der Waals surface area contributed by atoms with E-state index in [0.717, 1.165) is 11.1 Å². The van der Waals surface area contributed by atoms with E-state index in [1.807, 2.05) is 13.8 Å². The van der Waals surface area contributed by atoms with Gasteiger partial charge < -0.3 is 9.22 Å². The molecule has 0 aliphatic heterocycles. The van der Waals surface area contributed by atoms with Crippen LogP contribution in [0.1, 0.15) is 11.1 Å². The van der Waals surface area contributed by atoms with E-state index in [4.69, 9.17) is 4.12 Å². The monoisotopic (exact) mass is 268 g/mol. The molecular formula is C13H24O2Si2. The Labute approximate surface area is 107 Å². The summed E-state index contributed by atoms with van der Waals surface area (Å²) < 4.78 is 6.36. The molecule has 0 radical (unpaired) electrons. The number of rotatable bonds is 3. The molecule has 0 saturated heterocycles. The maximum atomic E-state index is 9.81. The van der Waals surface area contributed by atoms with E-state index in [9.17, 15) is 5.11 Å². The first kappa shape index (κ1) is 14.5. The lowest BCUT2D eigenvalue weighted by molar-refractivity contribution is 0.467. The van der Waals surface area contributed by atoms with Crippen LogP contribution in [0.15, 0.2) is 12.1 Å². The van der Waals surface area contributed by atoms with E-state index >= 15 is 0 Å². The maximum absolute atomic E-state index is 9.81. The summed E-state index contributed by atoms with van der Waals surface area (Å²) in [5.41, 5.74) is 1.89. The fraction of sp³-hybridized carbons (Fsp3) is 0.538. The zero-order valence-electron chi connectivity index (χ0n) is 12.0. The fourth-order valence-corrected chi connectivity index (χ4v) is 9.85. The molecule has 0 bridgehead atoms. The van der Waals surface area contributed by atoms with E-state index in [-0.39, 0.29) is 0 Å². The lowest BCUT2D eigenvalue weighted by Gasteiger charge is -2.32. The van der Waals surface area contributed by atoms with Crippen molar-refractivity contribution in [1.82, 2.24) is 0 Å². The Morgan fingerprint density at radius 3 is 1.71 bits per heavy atom. The first-order valence-corrected chi connectivity index (χ1v) is 12.4. The fourth-order valence-electron chi connectivity index (χ4n) is 2.13. The van der Waals surface area contributed by atoms with Crippen molar-refractivity contribution in [2.45, 2.75) is 46.6 Å². The van der Waals surface area contributed by atoms with Crippen molar-refractivity contribution in [3.05, 3.63) is 23.3 Å². The van der Waals surface area contributed by atoms with Gasteiger partial charge in [-0.3, -0.25) is 0 Å². The molecule has 0 unspecified atom stereocenters. The molecule has 4 heteroatoms. The number of benzene rings is 1. The molecule has 0 heterocycles. The summed E-state index contributed by atoms with van der Waals surface area (Å²) in [6.07, 6.45) is 0. The van der Waals surface area contributed by atoms with Crippen molar-refractivity contribution >= 4 is 21.8 Å². The smallest absolute Gasteiger partial charge is 0.205 e. The first-order valence-electron chi connectivity index (χ1n) is 6.04. The third-order valence-electron chi connectivity index (χ3n) is 2.75. The Bertz CT molecular complexity index is 397. The van der Waals surface area contributed by atoms with Gasteiger partial charge in [-0.25, -0.2) is 0 Å². The number of aromatic hydroxyl groups is 1. The summed E-state index contributed by atoms with van der Waals surface area (Å²) in [6, 6.07) is 4.16. The second-order valence-electron chi connectivity index (χ2n) is 6.18. The molecule has 17 heavy (non-hydrogen) atoms. The standard InChI is InChI=1S/C13H24O2Si2/c1-10-8-12(9-11(2)13(10)14)17(6,7)15-16(3,4)5/h8-9,14H,1-7H3. The maximum Gasteiger partial charge on any atom is 0.205 e. The van der Waals surface area contributed by atoms with Gasteiger partial charge in [-0.2, -0.15) is 0 Å². The van der Waals surface area contributed by atoms with Gasteiger partial charge in [0.2, 0.25) is 8.32 Å². The van der Waals surface area contributed by atoms with Crippen LogP contribution >= 0.6 is 0 Å². The van der Waals surface area contributed by atoms with E-state index in [0.29, 0.717) is 5.75 Å². The summed E-state index contributed by atoms with van der Waals surface area (Å²) >= 11 is 0. The van der Waals surface area contributed by atoms with Crippen molar-refractivity contribution in [3.8, 4) is 5.75 Å². The van der Waals surface area contributed by atoms with Crippen LogP contribution in [0.5, 0.6) is 5.75 Å². The summed E-state index contributed by atoms with van der Waals surface area (Å²) in [6.45, 7) is 15.0. The Kier molecular flexibility index (Phi) is 3.91. The molecule has 0 aliphatic carbocycles. The third kappa shape index (κ3) is 3.69. The minimum absolute atomic E-state index is 0.409. The van der Waals surface area contributed by atoms with E-state index in [2.05, 4.69) is 44.9 Å². The largest absolute Gasteiger partial charge is 0.507 e. The van der Waals surface area contributed by atoms with Crippen LogP contribution in [0.2, 0.25) is 32.7 Å². The highest BCUT2D eigenvalue weighted by molar-refractivity contribution is 6.92. The molecule has 1 aromatic carbocycles. The number of phenolic OH excluding ortho intramolecular Hbond substituents is 1. The quantitative estimate of drug-likeness (QED) is 0.853. The summed E-state index contributed by atoms with van der Waals surface area (Å²) in [5.74, 6) is 0.409. The normalized spacial score (nSPS) is 12.9. The van der Waals surface area contributed by atoms with Crippen molar-refractivity contribution in [1.29, 1.82) is 0 Å². The van der Waals surface area contributed by atoms with Gasteiger partial charge in [-0.1, -0.05) is 12.1 Å². The summed E-state index contributed by atoms with van der Waals surface area (Å²) in [7, 11) is -3.37. The van der Waals surface area contributed by atoms with Crippen molar-refractivity contribution in [2.75, 3.05) is 0 Å². The number of hydrogen-bond donors (Lipinski definition) is 1. The number of hydrogen-bond acceptors (Lipinski definition) is 2. The van der Waals surface area contributed by atoms with Crippen LogP contribution in [0.3, 0.4) is 0 Å². The van der Waals surface area contributed by atoms with E-state index in [1.54, 1.807) is 0 Å². The predicted molar refractivity (Wildman–Crippen MR) is 79.1 cm³/mol. The van der Waals surface area contributed by atoms with Gasteiger partial charge in [0.25, 0.3) is 0 Å². The molecule has 0 saturated carbocycles. The summed E-state index contributed by atoms with van der Waals surface area (Å²) in [5, 5.41) is 11.1. The second-order valence-corrected chi connectivity index (χ2v) is 14.8. The van der Waals surface area contributed by atoms with Gasteiger partial charge in [-0.15, -0.1) is 0 Å². The van der Waals surface area contributed by atoms with Gasteiger partial charge in [0.05, 0.1) is 0 Å².